The zero-order chi connectivity index (χ0) is 24.2. The van der Waals surface area contributed by atoms with Gasteiger partial charge in [0, 0.05) is 16.8 Å². The Morgan fingerprint density at radius 1 is 1.29 bits per heavy atom. The number of hydrogen-bond acceptors (Lipinski definition) is 5. The van der Waals surface area contributed by atoms with Crippen LogP contribution in [0.4, 0.5) is 4.79 Å². The molecular weight excluding hydrogens is 430 g/mol. The lowest BCUT2D eigenvalue weighted by atomic mass is 9.85. The van der Waals surface area contributed by atoms with E-state index in [9.17, 15) is 9.59 Å². The Labute approximate surface area is 199 Å². The molecule has 1 aliphatic heterocycles. The van der Waals surface area contributed by atoms with E-state index in [2.05, 4.69) is 40.5 Å². The summed E-state index contributed by atoms with van der Waals surface area (Å²) in [6.07, 6.45) is 7.41. The van der Waals surface area contributed by atoms with Crippen LogP contribution in [-0.2, 0) is 17.9 Å². The number of carbonyl (C=O) groups excluding carboxylic acids is 2. The van der Waals surface area contributed by atoms with Gasteiger partial charge in [0.1, 0.15) is 18.1 Å². The van der Waals surface area contributed by atoms with Crippen LogP contribution in [0.2, 0.25) is 0 Å². The van der Waals surface area contributed by atoms with E-state index >= 15 is 0 Å². The van der Waals surface area contributed by atoms with Crippen molar-refractivity contribution in [3.05, 3.63) is 76.8 Å². The van der Waals surface area contributed by atoms with Gasteiger partial charge < -0.3 is 15.4 Å². The van der Waals surface area contributed by atoms with E-state index in [0.29, 0.717) is 34.2 Å². The van der Waals surface area contributed by atoms with Gasteiger partial charge in [0.2, 0.25) is 0 Å². The third kappa shape index (κ3) is 5.27. The van der Waals surface area contributed by atoms with Crippen LogP contribution in [0.5, 0.6) is 5.75 Å². The van der Waals surface area contributed by atoms with Gasteiger partial charge in [-0.3, -0.25) is 4.79 Å². The van der Waals surface area contributed by atoms with E-state index in [1.165, 1.54) is 18.1 Å². The molecule has 178 valence electrons. The number of ketones is 1. The molecule has 0 bridgehead atoms. The molecule has 2 N–H and O–H groups in total. The minimum Gasteiger partial charge on any atom is -0.487 e. The maximum Gasteiger partial charge on any atom is 0.319 e. The van der Waals surface area contributed by atoms with E-state index in [-0.39, 0.29) is 18.4 Å². The molecule has 1 aliphatic carbocycles. The monoisotopic (exact) mass is 461 g/mol. The predicted molar refractivity (Wildman–Crippen MR) is 129 cm³/mol. The number of nitrogens with zero attached hydrogens (tertiary/aromatic N) is 3. The molecule has 2 aromatic rings. The maximum absolute atomic E-state index is 12.3. The minimum atomic E-state index is -0.584. The Balaban J connectivity index is 1.44. The molecule has 2 aliphatic rings. The number of carbonyl (C=O) groups is 2. The van der Waals surface area contributed by atoms with Crippen LogP contribution in [0.25, 0.3) is 0 Å². The molecule has 34 heavy (non-hydrogen) atoms. The molecule has 2 atom stereocenters. The molecule has 8 heteroatoms. The first kappa shape index (κ1) is 23.5. The van der Waals surface area contributed by atoms with Gasteiger partial charge in [-0.2, -0.15) is 0 Å². The summed E-state index contributed by atoms with van der Waals surface area (Å²) in [5.74, 6) is 1.05. The molecule has 0 saturated heterocycles. The van der Waals surface area contributed by atoms with Gasteiger partial charge in [-0.05, 0) is 52.0 Å². The van der Waals surface area contributed by atoms with Crippen molar-refractivity contribution in [1.29, 1.82) is 0 Å². The van der Waals surface area contributed by atoms with Crippen molar-refractivity contribution < 1.29 is 14.3 Å². The van der Waals surface area contributed by atoms with Crippen LogP contribution in [0.1, 0.15) is 57.3 Å². The van der Waals surface area contributed by atoms with Crippen molar-refractivity contribution in [1.82, 2.24) is 25.6 Å². The Hall–Kier alpha value is -3.68. The summed E-state index contributed by atoms with van der Waals surface area (Å²) >= 11 is 0. The lowest BCUT2D eigenvalue weighted by Gasteiger charge is -2.29. The lowest BCUT2D eigenvalue weighted by Crippen LogP contribution is -2.44. The Bertz CT molecular complexity index is 1180. The fraction of sp³-hybridized carbons (Fsp3) is 0.385. The molecule has 1 unspecified atom stereocenters. The Morgan fingerprint density at radius 2 is 2.09 bits per heavy atom. The smallest absolute Gasteiger partial charge is 0.319 e. The Morgan fingerprint density at radius 3 is 2.79 bits per heavy atom. The van der Waals surface area contributed by atoms with Gasteiger partial charge >= 0.3 is 6.03 Å². The van der Waals surface area contributed by atoms with Gasteiger partial charge in [-0.15, -0.1) is 5.10 Å². The normalized spacial score (nSPS) is 20.3. The number of urea groups is 1. The van der Waals surface area contributed by atoms with Crippen molar-refractivity contribution in [3.8, 4) is 5.75 Å². The molecule has 4 rings (SSSR count). The molecular formula is C26H31N5O3. The van der Waals surface area contributed by atoms with Crippen LogP contribution in [0.3, 0.4) is 0 Å². The number of rotatable bonds is 8. The fourth-order valence-corrected chi connectivity index (χ4v) is 4.57. The summed E-state index contributed by atoms with van der Waals surface area (Å²) in [7, 11) is 0. The van der Waals surface area contributed by atoms with E-state index < -0.39 is 6.04 Å². The summed E-state index contributed by atoms with van der Waals surface area (Å²) in [4.78, 5) is 24.4. The second kappa shape index (κ2) is 10.1. The molecule has 1 aromatic heterocycles. The second-order valence-electron chi connectivity index (χ2n) is 9.04. The molecule has 1 aromatic carbocycles. The number of nitrogens with one attached hydrogen (secondary N) is 2. The SMILES string of the molecule is C=C(C)[C@@H]1CC=C(Cn2cc(COc3ccccc3C3NC(=O)NC(C)=C3C(C)=O)nn2)CC1. The van der Waals surface area contributed by atoms with Crippen LogP contribution >= 0.6 is 0 Å². The average molecular weight is 462 g/mol. The number of Topliss-reactive ketones (excluding diaryl/α,β-unsaturated/α-hetero) is 1. The van der Waals surface area contributed by atoms with Crippen molar-refractivity contribution in [3.63, 3.8) is 0 Å². The third-order valence-electron chi connectivity index (χ3n) is 6.41. The summed E-state index contributed by atoms with van der Waals surface area (Å²) in [6.45, 7) is 10.3. The van der Waals surface area contributed by atoms with Crippen molar-refractivity contribution in [2.24, 2.45) is 5.92 Å². The van der Waals surface area contributed by atoms with E-state index in [1.807, 2.05) is 35.1 Å². The quantitative estimate of drug-likeness (QED) is 0.569. The molecule has 0 fully saturated rings. The molecule has 2 heterocycles. The first-order valence-corrected chi connectivity index (χ1v) is 11.5. The maximum atomic E-state index is 12.3. The minimum absolute atomic E-state index is 0.112. The predicted octanol–water partition coefficient (Wildman–Crippen LogP) is 4.38. The van der Waals surface area contributed by atoms with Gasteiger partial charge in [-0.25, -0.2) is 9.48 Å². The molecule has 0 radical (unpaired) electrons. The number of amides is 2. The number of ether oxygens (including phenoxy) is 1. The van der Waals surface area contributed by atoms with Crippen LogP contribution in [0, 0.1) is 5.92 Å². The molecule has 8 nitrogen and oxygen atoms in total. The van der Waals surface area contributed by atoms with E-state index in [4.69, 9.17) is 4.74 Å². The highest BCUT2D eigenvalue weighted by molar-refractivity contribution is 5.98. The fourth-order valence-electron chi connectivity index (χ4n) is 4.57. The zero-order valence-corrected chi connectivity index (χ0v) is 19.9. The Kier molecular flexibility index (Phi) is 6.95. The summed E-state index contributed by atoms with van der Waals surface area (Å²) in [6, 6.07) is 6.46. The molecule has 0 spiro atoms. The van der Waals surface area contributed by atoms with Gasteiger partial charge in [0.25, 0.3) is 0 Å². The molecule has 0 saturated carbocycles. The second-order valence-corrected chi connectivity index (χ2v) is 9.04. The highest BCUT2D eigenvalue weighted by Gasteiger charge is 2.31. The number of aromatic nitrogens is 3. The van der Waals surface area contributed by atoms with Crippen LogP contribution < -0.4 is 15.4 Å². The van der Waals surface area contributed by atoms with Gasteiger partial charge in [0.15, 0.2) is 5.78 Å². The van der Waals surface area contributed by atoms with Crippen molar-refractivity contribution >= 4 is 11.8 Å². The third-order valence-corrected chi connectivity index (χ3v) is 6.41. The lowest BCUT2D eigenvalue weighted by molar-refractivity contribution is -0.114. The average Bonchev–Trinajstić information content (AvgIpc) is 3.24. The standard InChI is InChI=1S/C26H31N5O3/c1-16(2)20-11-9-19(10-12-20)13-31-14-21(29-30-31)15-34-23-8-6-5-7-22(23)25-24(18(4)32)17(3)27-26(33)28-25/h5-9,14,20,25H,1,10-13,15H2,2-4H3,(H2,27,28,33)/t20-,25?/m1/s1. The van der Waals surface area contributed by atoms with Crippen molar-refractivity contribution in [2.75, 3.05) is 0 Å². The first-order valence-electron chi connectivity index (χ1n) is 11.5. The zero-order valence-electron chi connectivity index (χ0n) is 19.9. The molecule has 2 amide bonds. The highest BCUT2D eigenvalue weighted by atomic mass is 16.5. The first-order chi connectivity index (χ1) is 16.3. The van der Waals surface area contributed by atoms with Crippen LogP contribution in [-0.4, -0.2) is 26.8 Å². The summed E-state index contributed by atoms with van der Waals surface area (Å²) in [5, 5.41) is 14.0. The number of para-hydroxylation sites is 1. The highest BCUT2D eigenvalue weighted by Crippen LogP contribution is 2.33. The van der Waals surface area contributed by atoms with Gasteiger partial charge in [0.05, 0.1) is 18.8 Å². The van der Waals surface area contributed by atoms with Gasteiger partial charge in [-0.1, -0.05) is 47.2 Å². The summed E-state index contributed by atoms with van der Waals surface area (Å²) < 4.78 is 7.91. The number of benzene rings is 1. The number of allylic oxidation sites excluding steroid dienone is 4. The van der Waals surface area contributed by atoms with Crippen molar-refractivity contribution in [2.45, 2.75) is 59.2 Å². The summed E-state index contributed by atoms with van der Waals surface area (Å²) in [5.41, 5.74) is 5.09. The number of hydrogen-bond donors (Lipinski definition) is 2. The topological polar surface area (TPSA) is 98.1 Å². The van der Waals surface area contributed by atoms with E-state index in [1.54, 1.807) is 6.92 Å². The van der Waals surface area contributed by atoms with E-state index in [0.717, 1.165) is 25.8 Å². The van der Waals surface area contributed by atoms with Crippen LogP contribution in [0.15, 0.2) is 65.5 Å². The largest absolute Gasteiger partial charge is 0.487 e.